The van der Waals surface area contributed by atoms with Crippen LogP contribution in [-0.4, -0.2) is 21.6 Å². The Hall–Kier alpha value is -2.10. The van der Waals surface area contributed by atoms with Gasteiger partial charge in [-0.1, -0.05) is 13.8 Å². The molecule has 4 nitrogen and oxygen atoms in total. The SMILES string of the molecule is CCCNc1nc(-c2ccc(O)cc2)nc(CC)c1C. The first-order valence-electron chi connectivity index (χ1n) is 7.06. The van der Waals surface area contributed by atoms with E-state index in [1.807, 2.05) is 12.1 Å². The second kappa shape index (κ2) is 6.37. The van der Waals surface area contributed by atoms with Crippen LogP contribution in [0, 0.1) is 6.92 Å². The molecule has 0 atom stereocenters. The average Bonchev–Trinajstić information content (AvgIpc) is 2.47. The van der Waals surface area contributed by atoms with Crippen molar-refractivity contribution in [3.05, 3.63) is 35.5 Å². The Morgan fingerprint density at radius 1 is 1.10 bits per heavy atom. The Morgan fingerprint density at radius 2 is 1.80 bits per heavy atom. The summed E-state index contributed by atoms with van der Waals surface area (Å²) >= 11 is 0. The van der Waals surface area contributed by atoms with E-state index in [1.165, 1.54) is 0 Å². The number of nitrogens with one attached hydrogen (secondary N) is 1. The molecule has 0 saturated carbocycles. The highest BCUT2D eigenvalue weighted by atomic mass is 16.3. The average molecular weight is 271 g/mol. The molecule has 0 unspecified atom stereocenters. The van der Waals surface area contributed by atoms with Crippen molar-refractivity contribution in [1.82, 2.24) is 9.97 Å². The van der Waals surface area contributed by atoms with Crippen molar-refractivity contribution >= 4 is 5.82 Å². The molecule has 0 saturated heterocycles. The van der Waals surface area contributed by atoms with E-state index in [0.29, 0.717) is 5.82 Å². The standard InChI is InChI=1S/C16H21N3O/c1-4-10-17-15-11(3)14(5-2)18-16(19-15)12-6-8-13(20)9-7-12/h6-9,20H,4-5,10H2,1-3H3,(H,17,18,19). The lowest BCUT2D eigenvalue weighted by molar-refractivity contribution is 0.475. The highest BCUT2D eigenvalue weighted by Crippen LogP contribution is 2.23. The summed E-state index contributed by atoms with van der Waals surface area (Å²) < 4.78 is 0. The summed E-state index contributed by atoms with van der Waals surface area (Å²) in [6, 6.07) is 6.98. The number of rotatable bonds is 5. The van der Waals surface area contributed by atoms with E-state index in [4.69, 9.17) is 0 Å². The van der Waals surface area contributed by atoms with Crippen LogP contribution in [0.25, 0.3) is 11.4 Å². The molecule has 0 spiro atoms. The predicted octanol–water partition coefficient (Wildman–Crippen LogP) is 3.54. The molecule has 1 heterocycles. The lowest BCUT2D eigenvalue weighted by Gasteiger charge is -2.13. The van der Waals surface area contributed by atoms with Gasteiger partial charge in [0.05, 0.1) is 0 Å². The van der Waals surface area contributed by atoms with Crippen LogP contribution in [0.3, 0.4) is 0 Å². The van der Waals surface area contributed by atoms with Crippen molar-refractivity contribution in [2.45, 2.75) is 33.6 Å². The second-order valence-electron chi connectivity index (χ2n) is 4.79. The maximum atomic E-state index is 9.37. The number of nitrogens with zero attached hydrogens (tertiary/aromatic N) is 2. The van der Waals surface area contributed by atoms with Crippen LogP contribution < -0.4 is 5.32 Å². The van der Waals surface area contributed by atoms with Crippen LogP contribution in [0.5, 0.6) is 5.75 Å². The molecule has 4 heteroatoms. The topological polar surface area (TPSA) is 58.0 Å². The van der Waals surface area contributed by atoms with Crippen molar-refractivity contribution in [2.75, 3.05) is 11.9 Å². The zero-order chi connectivity index (χ0) is 14.5. The highest BCUT2D eigenvalue weighted by molar-refractivity contribution is 5.60. The van der Waals surface area contributed by atoms with Crippen molar-refractivity contribution in [3.8, 4) is 17.1 Å². The summed E-state index contributed by atoms with van der Waals surface area (Å²) in [5, 5.41) is 12.7. The van der Waals surface area contributed by atoms with E-state index in [-0.39, 0.29) is 5.75 Å². The molecule has 0 radical (unpaired) electrons. The van der Waals surface area contributed by atoms with Gasteiger partial charge in [0.2, 0.25) is 0 Å². The van der Waals surface area contributed by atoms with Gasteiger partial charge in [-0.3, -0.25) is 0 Å². The molecular weight excluding hydrogens is 250 g/mol. The Morgan fingerprint density at radius 3 is 2.40 bits per heavy atom. The fourth-order valence-corrected chi connectivity index (χ4v) is 2.06. The van der Waals surface area contributed by atoms with Gasteiger partial charge in [-0.15, -0.1) is 0 Å². The van der Waals surface area contributed by atoms with Gasteiger partial charge in [0.25, 0.3) is 0 Å². The number of benzene rings is 1. The molecule has 0 amide bonds. The number of aromatic nitrogens is 2. The zero-order valence-electron chi connectivity index (χ0n) is 12.3. The van der Waals surface area contributed by atoms with Gasteiger partial charge in [0.1, 0.15) is 11.6 Å². The molecule has 106 valence electrons. The number of anilines is 1. The van der Waals surface area contributed by atoms with Crippen LogP contribution >= 0.6 is 0 Å². The molecule has 1 aromatic heterocycles. The second-order valence-corrected chi connectivity index (χ2v) is 4.79. The van der Waals surface area contributed by atoms with Crippen LogP contribution in [0.2, 0.25) is 0 Å². The third-order valence-electron chi connectivity index (χ3n) is 3.25. The maximum absolute atomic E-state index is 9.37. The quantitative estimate of drug-likeness (QED) is 0.873. The smallest absolute Gasteiger partial charge is 0.161 e. The minimum atomic E-state index is 0.251. The fraction of sp³-hybridized carbons (Fsp3) is 0.375. The number of hydrogen-bond donors (Lipinski definition) is 2. The number of aromatic hydroxyl groups is 1. The highest BCUT2D eigenvalue weighted by Gasteiger charge is 2.10. The summed E-state index contributed by atoms with van der Waals surface area (Å²) in [5.41, 5.74) is 3.09. The maximum Gasteiger partial charge on any atom is 0.161 e. The summed E-state index contributed by atoms with van der Waals surface area (Å²) in [4.78, 5) is 9.24. The Bertz CT molecular complexity index is 579. The van der Waals surface area contributed by atoms with Crippen LogP contribution in [-0.2, 0) is 6.42 Å². The van der Waals surface area contributed by atoms with Gasteiger partial charge in [0, 0.05) is 23.4 Å². The molecule has 0 fully saturated rings. The molecule has 2 aromatic rings. The van der Waals surface area contributed by atoms with Gasteiger partial charge < -0.3 is 10.4 Å². The monoisotopic (exact) mass is 271 g/mol. The molecule has 0 aliphatic heterocycles. The molecule has 2 N–H and O–H groups in total. The molecule has 0 aliphatic carbocycles. The van der Waals surface area contributed by atoms with Gasteiger partial charge in [0.15, 0.2) is 5.82 Å². The van der Waals surface area contributed by atoms with Crippen molar-refractivity contribution in [3.63, 3.8) is 0 Å². The third kappa shape index (κ3) is 3.07. The Labute approximate surface area is 119 Å². The first kappa shape index (κ1) is 14.3. The molecule has 1 aromatic carbocycles. The van der Waals surface area contributed by atoms with Gasteiger partial charge >= 0.3 is 0 Å². The molecule has 20 heavy (non-hydrogen) atoms. The van der Waals surface area contributed by atoms with Gasteiger partial charge in [-0.05, 0) is 44.0 Å². The zero-order valence-corrected chi connectivity index (χ0v) is 12.3. The number of phenols is 1. The van der Waals surface area contributed by atoms with Crippen molar-refractivity contribution in [2.24, 2.45) is 0 Å². The van der Waals surface area contributed by atoms with Crippen molar-refractivity contribution < 1.29 is 5.11 Å². The van der Waals surface area contributed by atoms with E-state index in [2.05, 4.69) is 36.1 Å². The molecule has 2 rings (SSSR count). The Balaban J connectivity index is 2.44. The van der Waals surface area contributed by atoms with E-state index in [1.54, 1.807) is 12.1 Å². The van der Waals surface area contributed by atoms with Crippen LogP contribution in [0.4, 0.5) is 5.82 Å². The summed E-state index contributed by atoms with van der Waals surface area (Å²) in [7, 11) is 0. The largest absolute Gasteiger partial charge is 0.508 e. The van der Waals surface area contributed by atoms with E-state index in [0.717, 1.165) is 42.0 Å². The van der Waals surface area contributed by atoms with E-state index in [9.17, 15) is 5.11 Å². The minimum Gasteiger partial charge on any atom is -0.508 e. The number of hydrogen-bond acceptors (Lipinski definition) is 4. The normalized spacial score (nSPS) is 10.6. The lowest BCUT2D eigenvalue weighted by Crippen LogP contribution is -2.08. The van der Waals surface area contributed by atoms with Crippen molar-refractivity contribution in [1.29, 1.82) is 0 Å². The van der Waals surface area contributed by atoms with Gasteiger partial charge in [-0.25, -0.2) is 9.97 Å². The van der Waals surface area contributed by atoms with Crippen LogP contribution in [0.15, 0.2) is 24.3 Å². The molecular formula is C16H21N3O. The number of aryl methyl sites for hydroxylation is 1. The lowest BCUT2D eigenvalue weighted by atomic mass is 10.1. The summed E-state index contributed by atoms with van der Waals surface area (Å²) in [5.74, 6) is 1.86. The molecule has 0 bridgehead atoms. The summed E-state index contributed by atoms with van der Waals surface area (Å²) in [6.45, 7) is 7.18. The summed E-state index contributed by atoms with van der Waals surface area (Å²) in [6.07, 6.45) is 1.93. The minimum absolute atomic E-state index is 0.251. The first-order valence-corrected chi connectivity index (χ1v) is 7.06. The fourth-order valence-electron chi connectivity index (χ4n) is 2.06. The van der Waals surface area contributed by atoms with Gasteiger partial charge in [-0.2, -0.15) is 0 Å². The predicted molar refractivity (Wildman–Crippen MR) is 82.0 cm³/mol. The Kier molecular flexibility index (Phi) is 4.56. The van der Waals surface area contributed by atoms with Crippen LogP contribution in [0.1, 0.15) is 31.5 Å². The third-order valence-corrected chi connectivity index (χ3v) is 3.25. The molecule has 0 aliphatic rings. The first-order chi connectivity index (χ1) is 9.65. The van der Waals surface area contributed by atoms with E-state index < -0.39 is 0 Å². The number of phenolic OH excluding ortho intramolecular Hbond substituents is 1. The van der Waals surface area contributed by atoms with E-state index >= 15 is 0 Å².